The highest BCUT2D eigenvalue weighted by Crippen LogP contribution is 2.28. The SMILES string of the molecule is CC1(Oc2ccccc2)CCN(CCOC2CCCCC2)CC1. The Morgan fingerprint density at radius 3 is 2.43 bits per heavy atom. The van der Waals surface area contributed by atoms with E-state index in [0.29, 0.717) is 6.10 Å². The summed E-state index contributed by atoms with van der Waals surface area (Å²) in [5.74, 6) is 0.990. The van der Waals surface area contributed by atoms with Gasteiger partial charge in [0, 0.05) is 19.6 Å². The largest absolute Gasteiger partial charge is 0.487 e. The lowest BCUT2D eigenvalue weighted by Gasteiger charge is -2.39. The Kier molecular flexibility index (Phi) is 5.96. The molecule has 1 aromatic carbocycles. The van der Waals surface area contributed by atoms with E-state index in [9.17, 15) is 0 Å². The van der Waals surface area contributed by atoms with Crippen LogP contribution in [-0.4, -0.2) is 42.8 Å². The number of benzene rings is 1. The van der Waals surface area contributed by atoms with Crippen molar-refractivity contribution in [2.45, 2.75) is 63.6 Å². The van der Waals surface area contributed by atoms with Gasteiger partial charge in [0.25, 0.3) is 0 Å². The van der Waals surface area contributed by atoms with Gasteiger partial charge in [-0.25, -0.2) is 0 Å². The number of ether oxygens (including phenoxy) is 2. The average molecular weight is 317 g/mol. The molecular formula is C20H31NO2. The monoisotopic (exact) mass is 317 g/mol. The summed E-state index contributed by atoms with van der Waals surface area (Å²) >= 11 is 0. The summed E-state index contributed by atoms with van der Waals surface area (Å²) in [6.45, 7) is 6.42. The first-order chi connectivity index (χ1) is 11.2. The van der Waals surface area contributed by atoms with Crippen molar-refractivity contribution in [3.63, 3.8) is 0 Å². The lowest BCUT2D eigenvalue weighted by molar-refractivity contribution is -0.0120. The molecule has 2 aliphatic rings. The van der Waals surface area contributed by atoms with Gasteiger partial charge in [-0.15, -0.1) is 0 Å². The molecule has 0 unspecified atom stereocenters. The van der Waals surface area contributed by atoms with Crippen molar-refractivity contribution in [1.82, 2.24) is 4.90 Å². The minimum atomic E-state index is -0.0257. The summed E-state index contributed by atoms with van der Waals surface area (Å²) in [4.78, 5) is 2.53. The van der Waals surface area contributed by atoms with Gasteiger partial charge in [0.05, 0.1) is 12.7 Å². The fourth-order valence-electron chi connectivity index (χ4n) is 3.71. The molecule has 3 nitrogen and oxygen atoms in total. The Labute approximate surface area is 141 Å². The molecule has 1 saturated carbocycles. The average Bonchev–Trinajstić information content (AvgIpc) is 2.59. The Balaban J connectivity index is 1.36. The van der Waals surface area contributed by atoms with E-state index >= 15 is 0 Å². The number of hydrogen-bond donors (Lipinski definition) is 0. The standard InChI is InChI=1S/C20H31NO2/c1-20(23-19-10-6-3-7-11-19)12-14-21(15-13-20)16-17-22-18-8-4-2-5-9-18/h3,6-7,10-11,18H,2,4-5,8-9,12-17H2,1H3. The van der Waals surface area contributed by atoms with Crippen LogP contribution < -0.4 is 4.74 Å². The predicted octanol–water partition coefficient (Wildman–Crippen LogP) is 4.27. The number of rotatable bonds is 6. The molecule has 3 rings (SSSR count). The van der Waals surface area contributed by atoms with Crippen LogP contribution in [-0.2, 0) is 4.74 Å². The molecule has 0 atom stereocenters. The summed E-state index contributed by atoms with van der Waals surface area (Å²) in [6, 6.07) is 10.2. The van der Waals surface area contributed by atoms with E-state index in [4.69, 9.17) is 9.47 Å². The van der Waals surface area contributed by atoms with Crippen LogP contribution in [0.3, 0.4) is 0 Å². The van der Waals surface area contributed by atoms with Crippen LogP contribution in [0.4, 0.5) is 0 Å². The highest BCUT2D eigenvalue weighted by Gasteiger charge is 2.31. The van der Waals surface area contributed by atoms with E-state index in [0.717, 1.165) is 44.8 Å². The van der Waals surface area contributed by atoms with Gasteiger partial charge in [-0.05, 0) is 44.7 Å². The number of likely N-dealkylation sites (tertiary alicyclic amines) is 1. The first-order valence-electron chi connectivity index (χ1n) is 9.32. The third kappa shape index (κ3) is 5.22. The molecule has 0 amide bonds. The van der Waals surface area contributed by atoms with Crippen LogP contribution in [0.15, 0.2) is 30.3 Å². The molecule has 0 radical (unpaired) electrons. The van der Waals surface area contributed by atoms with Gasteiger partial charge in [-0.3, -0.25) is 0 Å². The zero-order valence-electron chi connectivity index (χ0n) is 14.5. The predicted molar refractivity (Wildman–Crippen MR) is 94.0 cm³/mol. The Hall–Kier alpha value is -1.06. The maximum absolute atomic E-state index is 6.23. The topological polar surface area (TPSA) is 21.7 Å². The van der Waals surface area contributed by atoms with E-state index in [-0.39, 0.29) is 5.60 Å². The first-order valence-corrected chi connectivity index (χ1v) is 9.32. The molecule has 1 aromatic rings. The molecule has 128 valence electrons. The van der Waals surface area contributed by atoms with Gasteiger partial charge in [0.2, 0.25) is 0 Å². The molecule has 23 heavy (non-hydrogen) atoms. The molecule has 1 aliphatic heterocycles. The Morgan fingerprint density at radius 1 is 1.04 bits per heavy atom. The molecule has 0 bridgehead atoms. The highest BCUT2D eigenvalue weighted by molar-refractivity contribution is 5.22. The van der Waals surface area contributed by atoms with E-state index in [2.05, 4.69) is 24.0 Å². The summed E-state index contributed by atoms with van der Waals surface area (Å²) in [6.07, 6.45) is 9.34. The molecular weight excluding hydrogens is 286 g/mol. The van der Waals surface area contributed by atoms with Gasteiger partial charge in [-0.1, -0.05) is 37.5 Å². The van der Waals surface area contributed by atoms with E-state index in [1.807, 2.05) is 18.2 Å². The summed E-state index contributed by atoms with van der Waals surface area (Å²) in [5, 5.41) is 0. The molecule has 1 heterocycles. The third-order valence-corrected chi connectivity index (χ3v) is 5.33. The van der Waals surface area contributed by atoms with Crippen LogP contribution >= 0.6 is 0 Å². The molecule has 0 spiro atoms. The second-order valence-corrected chi connectivity index (χ2v) is 7.34. The van der Waals surface area contributed by atoms with Crippen molar-refractivity contribution in [3.05, 3.63) is 30.3 Å². The fraction of sp³-hybridized carbons (Fsp3) is 0.700. The van der Waals surface area contributed by atoms with Crippen LogP contribution in [0.1, 0.15) is 51.9 Å². The minimum Gasteiger partial charge on any atom is -0.487 e. The molecule has 2 fully saturated rings. The van der Waals surface area contributed by atoms with Crippen molar-refractivity contribution >= 4 is 0 Å². The van der Waals surface area contributed by atoms with Crippen molar-refractivity contribution in [3.8, 4) is 5.75 Å². The summed E-state index contributed by atoms with van der Waals surface area (Å²) in [7, 11) is 0. The summed E-state index contributed by atoms with van der Waals surface area (Å²) in [5.41, 5.74) is -0.0257. The third-order valence-electron chi connectivity index (χ3n) is 5.33. The Bertz CT molecular complexity index is 448. The van der Waals surface area contributed by atoms with Crippen molar-refractivity contribution in [1.29, 1.82) is 0 Å². The van der Waals surface area contributed by atoms with Crippen LogP contribution in [0.2, 0.25) is 0 Å². The Morgan fingerprint density at radius 2 is 1.74 bits per heavy atom. The zero-order valence-corrected chi connectivity index (χ0v) is 14.5. The maximum atomic E-state index is 6.23. The maximum Gasteiger partial charge on any atom is 0.120 e. The lowest BCUT2D eigenvalue weighted by atomic mass is 9.93. The van der Waals surface area contributed by atoms with Gasteiger partial charge in [-0.2, -0.15) is 0 Å². The van der Waals surface area contributed by atoms with Crippen molar-refractivity contribution in [2.24, 2.45) is 0 Å². The number of piperidine rings is 1. The van der Waals surface area contributed by atoms with Gasteiger partial charge < -0.3 is 14.4 Å². The highest BCUT2D eigenvalue weighted by atomic mass is 16.5. The van der Waals surface area contributed by atoms with E-state index < -0.39 is 0 Å². The second-order valence-electron chi connectivity index (χ2n) is 7.34. The normalized spacial score (nSPS) is 22.8. The van der Waals surface area contributed by atoms with Gasteiger partial charge in [0.1, 0.15) is 11.4 Å². The fourth-order valence-corrected chi connectivity index (χ4v) is 3.71. The molecule has 1 aliphatic carbocycles. The van der Waals surface area contributed by atoms with Crippen molar-refractivity contribution in [2.75, 3.05) is 26.2 Å². The quantitative estimate of drug-likeness (QED) is 0.782. The molecule has 1 saturated heterocycles. The van der Waals surface area contributed by atoms with Gasteiger partial charge in [0.15, 0.2) is 0 Å². The van der Waals surface area contributed by atoms with Crippen LogP contribution in [0.25, 0.3) is 0 Å². The zero-order chi connectivity index (χ0) is 16.0. The molecule has 0 aromatic heterocycles. The van der Waals surface area contributed by atoms with Crippen LogP contribution in [0, 0.1) is 0 Å². The number of hydrogen-bond acceptors (Lipinski definition) is 3. The van der Waals surface area contributed by atoms with Crippen molar-refractivity contribution < 1.29 is 9.47 Å². The van der Waals surface area contributed by atoms with E-state index in [1.165, 1.54) is 32.1 Å². The summed E-state index contributed by atoms with van der Waals surface area (Å²) < 4.78 is 12.3. The molecule has 0 N–H and O–H groups in total. The minimum absolute atomic E-state index is 0.0257. The first kappa shape index (κ1) is 16.8. The van der Waals surface area contributed by atoms with E-state index in [1.54, 1.807) is 0 Å². The number of para-hydroxylation sites is 1. The van der Waals surface area contributed by atoms with Gasteiger partial charge >= 0.3 is 0 Å². The lowest BCUT2D eigenvalue weighted by Crippen LogP contribution is -2.47. The number of nitrogens with zero attached hydrogens (tertiary/aromatic N) is 1. The smallest absolute Gasteiger partial charge is 0.120 e. The molecule has 3 heteroatoms. The van der Waals surface area contributed by atoms with Crippen LogP contribution in [0.5, 0.6) is 5.75 Å². The second kappa shape index (κ2) is 8.16.